The zero-order valence-corrected chi connectivity index (χ0v) is 12.4. The van der Waals surface area contributed by atoms with Gasteiger partial charge in [-0.3, -0.25) is 0 Å². The minimum absolute atomic E-state index is 0.119. The normalized spacial score (nSPS) is 12.7. The van der Waals surface area contributed by atoms with Crippen molar-refractivity contribution in [2.75, 3.05) is 18.9 Å². The number of nitrogen functional groups attached to an aromatic ring is 1. The first kappa shape index (κ1) is 16.8. The Morgan fingerprint density at radius 1 is 1.30 bits per heavy atom. The highest BCUT2D eigenvalue weighted by atomic mass is 32.2. The molecule has 1 aromatic rings. The van der Waals surface area contributed by atoms with Crippen LogP contribution < -0.4 is 10.5 Å². The van der Waals surface area contributed by atoms with Gasteiger partial charge < -0.3 is 10.5 Å². The van der Waals surface area contributed by atoms with Crippen LogP contribution in [0.15, 0.2) is 17.0 Å². The number of hydrogen-bond acceptors (Lipinski definition) is 4. The largest absolute Gasteiger partial charge is 0.399 e. The molecule has 0 spiro atoms. The van der Waals surface area contributed by atoms with Crippen molar-refractivity contribution in [2.24, 2.45) is 0 Å². The van der Waals surface area contributed by atoms with Crippen LogP contribution in [0.3, 0.4) is 0 Å². The SMILES string of the molecule is CCOC(C)(C)CNS(=O)(=O)c1c(F)cc(N)cc1F. The number of nitrogens with two attached hydrogens (primary N) is 1. The van der Waals surface area contributed by atoms with Gasteiger partial charge in [0.1, 0.15) is 11.6 Å². The number of sulfonamides is 1. The zero-order valence-electron chi connectivity index (χ0n) is 11.5. The van der Waals surface area contributed by atoms with Crippen LogP contribution in [0.5, 0.6) is 0 Å². The third kappa shape index (κ3) is 4.12. The number of ether oxygens (including phenoxy) is 1. The number of hydrogen-bond donors (Lipinski definition) is 2. The summed E-state index contributed by atoms with van der Waals surface area (Å²) in [5.74, 6) is -2.46. The number of halogens is 2. The van der Waals surface area contributed by atoms with Gasteiger partial charge in [-0.2, -0.15) is 0 Å². The van der Waals surface area contributed by atoms with Crippen LogP contribution in [0.1, 0.15) is 20.8 Å². The maximum absolute atomic E-state index is 13.6. The molecular formula is C12H18F2N2O3S. The first-order valence-corrected chi connectivity index (χ1v) is 7.45. The van der Waals surface area contributed by atoms with Gasteiger partial charge in [-0.05, 0) is 32.9 Å². The van der Waals surface area contributed by atoms with Gasteiger partial charge in [-0.15, -0.1) is 0 Å². The molecule has 0 fully saturated rings. The molecule has 0 aliphatic heterocycles. The summed E-state index contributed by atoms with van der Waals surface area (Å²) in [5, 5.41) is 0. The maximum atomic E-state index is 13.6. The van der Waals surface area contributed by atoms with Gasteiger partial charge in [0.15, 0.2) is 4.90 Å². The number of benzene rings is 1. The van der Waals surface area contributed by atoms with Crippen molar-refractivity contribution >= 4 is 15.7 Å². The molecule has 0 aliphatic carbocycles. The van der Waals surface area contributed by atoms with Gasteiger partial charge in [0.25, 0.3) is 0 Å². The lowest BCUT2D eigenvalue weighted by molar-refractivity contribution is -0.00517. The van der Waals surface area contributed by atoms with E-state index in [4.69, 9.17) is 10.5 Å². The summed E-state index contributed by atoms with van der Waals surface area (Å²) in [6.07, 6.45) is 0. The van der Waals surface area contributed by atoms with Crippen molar-refractivity contribution in [1.29, 1.82) is 0 Å². The van der Waals surface area contributed by atoms with Gasteiger partial charge in [0, 0.05) is 18.8 Å². The van der Waals surface area contributed by atoms with Gasteiger partial charge in [0.05, 0.1) is 5.60 Å². The Balaban J connectivity index is 3.01. The molecule has 0 heterocycles. The minimum atomic E-state index is -4.33. The molecule has 0 bridgehead atoms. The van der Waals surface area contributed by atoms with Crippen molar-refractivity contribution in [3.05, 3.63) is 23.8 Å². The van der Waals surface area contributed by atoms with Gasteiger partial charge in [0.2, 0.25) is 10.0 Å². The molecule has 5 nitrogen and oxygen atoms in total. The first-order valence-electron chi connectivity index (χ1n) is 5.97. The van der Waals surface area contributed by atoms with Crippen LogP contribution in [0.25, 0.3) is 0 Å². The average molecular weight is 308 g/mol. The van der Waals surface area contributed by atoms with E-state index in [9.17, 15) is 17.2 Å². The second-order valence-electron chi connectivity index (χ2n) is 4.83. The lowest BCUT2D eigenvalue weighted by Gasteiger charge is -2.24. The lowest BCUT2D eigenvalue weighted by atomic mass is 10.1. The molecule has 0 atom stereocenters. The minimum Gasteiger partial charge on any atom is -0.399 e. The predicted molar refractivity (Wildman–Crippen MR) is 71.7 cm³/mol. The van der Waals surface area contributed by atoms with Gasteiger partial charge >= 0.3 is 0 Å². The summed E-state index contributed by atoms with van der Waals surface area (Å²) in [7, 11) is -4.33. The van der Waals surface area contributed by atoms with Crippen LogP contribution in [0.2, 0.25) is 0 Å². The molecule has 0 radical (unpaired) electrons. The molecule has 114 valence electrons. The Bertz CT molecular complexity index is 565. The summed E-state index contributed by atoms with van der Waals surface area (Å²) in [5.41, 5.74) is 4.26. The van der Waals surface area contributed by atoms with E-state index < -0.39 is 32.2 Å². The van der Waals surface area contributed by atoms with E-state index >= 15 is 0 Å². The second kappa shape index (κ2) is 6.02. The van der Waals surface area contributed by atoms with Crippen molar-refractivity contribution in [3.8, 4) is 0 Å². The number of anilines is 1. The Kier molecular flexibility index (Phi) is 5.06. The zero-order chi connectivity index (χ0) is 15.6. The summed E-state index contributed by atoms with van der Waals surface area (Å²) in [4.78, 5) is -1.04. The number of nitrogens with one attached hydrogen (secondary N) is 1. The third-order valence-corrected chi connectivity index (χ3v) is 3.96. The van der Waals surface area contributed by atoms with E-state index in [1.807, 2.05) is 0 Å². The molecule has 0 aromatic heterocycles. The van der Waals surface area contributed by atoms with E-state index in [1.54, 1.807) is 20.8 Å². The van der Waals surface area contributed by atoms with Crippen LogP contribution in [-0.4, -0.2) is 27.2 Å². The lowest BCUT2D eigenvalue weighted by Crippen LogP contribution is -2.40. The average Bonchev–Trinajstić information content (AvgIpc) is 2.24. The Morgan fingerprint density at radius 2 is 1.80 bits per heavy atom. The van der Waals surface area contributed by atoms with Crippen LogP contribution in [0.4, 0.5) is 14.5 Å². The fraction of sp³-hybridized carbons (Fsp3) is 0.500. The van der Waals surface area contributed by atoms with E-state index in [0.29, 0.717) is 6.61 Å². The molecule has 20 heavy (non-hydrogen) atoms. The molecule has 0 aliphatic rings. The van der Waals surface area contributed by atoms with E-state index in [0.717, 1.165) is 12.1 Å². The molecule has 0 saturated carbocycles. The topological polar surface area (TPSA) is 81.4 Å². The fourth-order valence-corrected chi connectivity index (χ4v) is 2.93. The summed E-state index contributed by atoms with van der Waals surface area (Å²) in [6, 6.07) is 1.51. The highest BCUT2D eigenvalue weighted by Gasteiger charge is 2.27. The van der Waals surface area contributed by atoms with E-state index in [1.165, 1.54) is 0 Å². The highest BCUT2D eigenvalue weighted by molar-refractivity contribution is 7.89. The monoisotopic (exact) mass is 308 g/mol. The van der Waals surface area contributed by atoms with Gasteiger partial charge in [-0.25, -0.2) is 21.9 Å². The fourth-order valence-electron chi connectivity index (χ4n) is 1.62. The molecule has 3 N–H and O–H groups in total. The summed E-state index contributed by atoms with van der Waals surface area (Å²) >= 11 is 0. The standard InChI is InChI=1S/C12H18F2N2O3S/c1-4-19-12(2,3)7-16-20(17,18)11-9(13)5-8(15)6-10(11)14/h5-6,16H,4,7,15H2,1-3H3. The Hall–Kier alpha value is -1.25. The van der Waals surface area contributed by atoms with Crippen LogP contribution >= 0.6 is 0 Å². The Labute approximate surface area is 117 Å². The quantitative estimate of drug-likeness (QED) is 0.783. The van der Waals surface area contributed by atoms with Crippen molar-refractivity contribution in [1.82, 2.24) is 4.72 Å². The van der Waals surface area contributed by atoms with Crippen LogP contribution in [0, 0.1) is 11.6 Å². The van der Waals surface area contributed by atoms with Crippen molar-refractivity contribution in [3.63, 3.8) is 0 Å². The van der Waals surface area contributed by atoms with E-state index in [2.05, 4.69) is 4.72 Å². The predicted octanol–water partition coefficient (Wildman–Crippen LogP) is 1.64. The maximum Gasteiger partial charge on any atom is 0.246 e. The molecule has 8 heteroatoms. The highest BCUT2D eigenvalue weighted by Crippen LogP contribution is 2.22. The van der Waals surface area contributed by atoms with Crippen LogP contribution in [-0.2, 0) is 14.8 Å². The molecule has 1 rings (SSSR count). The number of rotatable bonds is 6. The summed E-state index contributed by atoms with van der Waals surface area (Å²) < 4.78 is 58.5. The molecule has 0 amide bonds. The first-order chi connectivity index (χ1) is 9.09. The Morgan fingerprint density at radius 3 is 2.25 bits per heavy atom. The summed E-state index contributed by atoms with van der Waals surface area (Å²) in [6.45, 7) is 5.35. The van der Waals surface area contributed by atoms with Gasteiger partial charge in [-0.1, -0.05) is 0 Å². The molecule has 0 saturated heterocycles. The van der Waals surface area contributed by atoms with Crippen molar-refractivity contribution in [2.45, 2.75) is 31.3 Å². The molecular weight excluding hydrogens is 290 g/mol. The smallest absolute Gasteiger partial charge is 0.246 e. The second-order valence-corrected chi connectivity index (χ2v) is 6.53. The van der Waals surface area contributed by atoms with E-state index in [-0.39, 0.29) is 12.2 Å². The van der Waals surface area contributed by atoms with Crippen molar-refractivity contribution < 1.29 is 21.9 Å². The molecule has 0 unspecified atom stereocenters. The third-order valence-electron chi connectivity index (χ3n) is 2.51. The molecule has 1 aromatic carbocycles.